The second-order valence-electron chi connectivity index (χ2n) is 8.32. The number of rotatable bonds is 6. The van der Waals surface area contributed by atoms with Crippen LogP contribution in [0.2, 0.25) is 0 Å². The van der Waals surface area contributed by atoms with Gasteiger partial charge in [0, 0.05) is 19.2 Å². The summed E-state index contributed by atoms with van der Waals surface area (Å²) >= 11 is 0. The molecule has 1 aliphatic carbocycles. The minimum absolute atomic E-state index is 0.0441. The number of anilines is 2. The van der Waals surface area contributed by atoms with Gasteiger partial charge in [-0.3, -0.25) is 4.21 Å². The Hall–Kier alpha value is -2.10. The van der Waals surface area contributed by atoms with Crippen LogP contribution in [0.4, 0.5) is 16.2 Å². The molecule has 0 bridgehead atoms. The number of benzene rings is 1. The van der Waals surface area contributed by atoms with Crippen molar-refractivity contribution in [1.29, 1.82) is 0 Å². The van der Waals surface area contributed by atoms with Crippen LogP contribution in [0.5, 0.6) is 0 Å². The third kappa shape index (κ3) is 3.11. The molecule has 160 valence electrons. The van der Waals surface area contributed by atoms with E-state index in [0.29, 0.717) is 40.1 Å². The maximum absolute atomic E-state index is 13.4. The summed E-state index contributed by atoms with van der Waals surface area (Å²) in [6.45, 7) is 0.296. The standard InChI is InChI=1S/C21H25FN4O3S/c1-29-21(14-3-5-15(22)6-4-14)11-26(12-21)19-23-16-7-10-30(28)17(16)18(24-19)25-20(13-27)8-2-9-20/h3-6,27H,2,7-13H2,1H3,(H,23,24,25)/t30-/m1/s1/i1D3. The van der Waals surface area contributed by atoms with E-state index in [4.69, 9.17) is 8.85 Å². The monoisotopic (exact) mass is 435 g/mol. The molecule has 3 aliphatic rings. The number of aliphatic hydroxyl groups is 1. The Kier molecular flexibility index (Phi) is 4.00. The average molecular weight is 436 g/mol. The van der Waals surface area contributed by atoms with Gasteiger partial charge in [-0.15, -0.1) is 0 Å². The number of hydrogen-bond acceptors (Lipinski definition) is 7. The number of hydrogen-bond donors (Lipinski definition) is 2. The van der Waals surface area contributed by atoms with Gasteiger partial charge in [-0.25, -0.2) is 9.37 Å². The normalized spacial score (nSPS) is 25.3. The molecular formula is C21H25FN4O3S. The lowest BCUT2D eigenvalue weighted by Crippen LogP contribution is -2.61. The molecule has 2 fully saturated rings. The van der Waals surface area contributed by atoms with Crippen molar-refractivity contribution in [1.82, 2.24) is 9.97 Å². The molecule has 2 aliphatic heterocycles. The summed E-state index contributed by atoms with van der Waals surface area (Å²) in [7, 11) is -3.85. The van der Waals surface area contributed by atoms with E-state index < -0.39 is 34.8 Å². The zero-order chi connectivity index (χ0) is 23.4. The number of aliphatic hydroxyl groups excluding tert-OH is 1. The summed E-state index contributed by atoms with van der Waals surface area (Å²) in [5.41, 5.74) is -0.364. The number of aryl methyl sites for hydroxylation is 1. The molecule has 2 aromatic rings. The van der Waals surface area contributed by atoms with Gasteiger partial charge in [0.2, 0.25) is 5.95 Å². The van der Waals surface area contributed by atoms with Crippen LogP contribution in [0, 0.1) is 5.82 Å². The van der Waals surface area contributed by atoms with Crippen LogP contribution in [0.15, 0.2) is 29.2 Å². The van der Waals surface area contributed by atoms with Gasteiger partial charge >= 0.3 is 0 Å². The minimum Gasteiger partial charge on any atom is -0.394 e. The second kappa shape index (κ2) is 7.25. The number of aromatic nitrogens is 2. The first-order valence-corrected chi connectivity index (χ1v) is 11.3. The van der Waals surface area contributed by atoms with E-state index in [-0.39, 0.29) is 19.7 Å². The molecule has 0 amide bonds. The highest BCUT2D eigenvalue weighted by Gasteiger charge is 2.47. The summed E-state index contributed by atoms with van der Waals surface area (Å²) < 4.78 is 54.4. The van der Waals surface area contributed by atoms with Crippen LogP contribution in [0.25, 0.3) is 0 Å². The molecule has 2 N–H and O–H groups in total. The highest BCUT2D eigenvalue weighted by atomic mass is 32.2. The molecule has 0 radical (unpaired) electrons. The molecule has 9 heteroatoms. The van der Waals surface area contributed by atoms with Gasteiger partial charge < -0.3 is 20.1 Å². The fraction of sp³-hybridized carbons (Fsp3) is 0.524. The summed E-state index contributed by atoms with van der Waals surface area (Å²) in [6.07, 6.45) is 3.15. The number of nitrogens with one attached hydrogen (secondary N) is 1. The number of methoxy groups -OCH3 is 1. The lowest BCUT2D eigenvalue weighted by atomic mass is 9.77. The van der Waals surface area contributed by atoms with Crippen LogP contribution in [0.3, 0.4) is 0 Å². The fourth-order valence-electron chi connectivity index (χ4n) is 4.36. The fourth-order valence-corrected chi connectivity index (χ4v) is 5.66. The van der Waals surface area contributed by atoms with E-state index in [1.165, 1.54) is 24.3 Å². The van der Waals surface area contributed by atoms with Crippen LogP contribution in [-0.2, 0) is 27.6 Å². The first kappa shape index (κ1) is 16.6. The second-order valence-corrected chi connectivity index (χ2v) is 9.83. The molecule has 1 atom stereocenters. The van der Waals surface area contributed by atoms with Gasteiger partial charge in [-0.05, 0) is 37.0 Å². The summed E-state index contributed by atoms with van der Waals surface area (Å²) in [4.78, 5) is 11.6. The topological polar surface area (TPSA) is 87.6 Å². The predicted octanol–water partition coefficient (Wildman–Crippen LogP) is 1.97. The minimum atomic E-state index is -2.64. The Balaban J connectivity index is 1.46. The van der Waals surface area contributed by atoms with E-state index in [1.807, 2.05) is 0 Å². The van der Waals surface area contributed by atoms with E-state index >= 15 is 0 Å². The molecule has 3 heterocycles. The highest BCUT2D eigenvalue weighted by molar-refractivity contribution is 7.85. The van der Waals surface area contributed by atoms with Crippen molar-refractivity contribution < 1.29 is 22.6 Å². The summed E-state index contributed by atoms with van der Waals surface area (Å²) in [6, 6.07) is 5.61. The molecule has 7 nitrogen and oxygen atoms in total. The third-order valence-corrected chi connectivity index (χ3v) is 7.87. The first-order chi connectivity index (χ1) is 15.6. The Morgan fingerprint density at radius 2 is 2.10 bits per heavy atom. The molecule has 1 saturated heterocycles. The van der Waals surface area contributed by atoms with E-state index in [2.05, 4.69) is 15.3 Å². The molecule has 1 saturated carbocycles. The predicted molar refractivity (Wildman–Crippen MR) is 112 cm³/mol. The van der Waals surface area contributed by atoms with Crippen molar-refractivity contribution in [3.63, 3.8) is 0 Å². The first-order valence-electron chi connectivity index (χ1n) is 11.5. The average Bonchev–Trinajstić information content (AvgIpc) is 3.08. The van der Waals surface area contributed by atoms with Crippen molar-refractivity contribution in [3.8, 4) is 0 Å². The van der Waals surface area contributed by atoms with E-state index in [0.717, 1.165) is 19.3 Å². The lowest BCUT2D eigenvalue weighted by molar-refractivity contribution is -0.0390. The van der Waals surface area contributed by atoms with Crippen LogP contribution in [-0.4, -0.2) is 57.3 Å². The third-order valence-electron chi connectivity index (χ3n) is 6.41. The zero-order valence-corrected chi connectivity index (χ0v) is 17.2. The van der Waals surface area contributed by atoms with Crippen LogP contribution < -0.4 is 10.2 Å². The summed E-state index contributed by atoms with van der Waals surface area (Å²) in [5.74, 6) is 0.902. The van der Waals surface area contributed by atoms with E-state index in [9.17, 15) is 13.7 Å². The smallest absolute Gasteiger partial charge is 0.227 e. The number of halogens is 1. The molecule has 1 aromatic carbocycles. The Morgan fingerprint density at radius 3 is 2.73 bits per heavy atom. The van der Waals surface area contributed by atoms with Crippen molar-refractivity contribution >= 4 is 22.6 Å². The number of nitrogens with zero attached hydrogens (tertiary/aromatic N) is 3. The molecular weight excluding hydrogens is 407 g/mol. The van der Waals surface area contributed by atoms with Gasteiger partial charge in [0.1, 0.15) is 22.1 Å². The molecule has 1 aromatic heterocycles. The maximum Gasteiger partial charge on any atom is 0.227 e. The molecule has 0 unspecified atom stereocenters. The molecule has 0 spiro atoms. The molecule has 30 heavy (non-hydrogen) atoms. The van der Waals surface area contributed by atoms with Crippen LogP contribution in [0.1, 0.15) is 34.6 Å². The van der Waals surface area contributed by atoms with Crippen LogP contribution >= 0.6 is 0 Å². The highest BCUT2D eigenvalue weighted by Crippen LogP contribution is 2.41. The zero-order valence-electron chi connectivity index (χ0n) is 19.4. The van der Waals surface area contributed by atoms with Gasteiger partial charge in [-0.1, -0.05) is 12.1 Å². The largest absolute Gasteiger partial charge is 0.394 e. The van der Waals surface area contributed by atoms with Crippen molar-refractivity contribution in [2.75, 3.05) is 42.7 Å². The maximum atomic E-state index is 13.4. The number of ether oxygens (including phenoxy) is 1. The van der Waals surface area contributed by atoms with Gasteiger partial charge in [0.25, 0.3) is 0 Å². The van der Waals surface area contributed by atoms with Crippen molar-refractivity contribution in [2.24, 2.45) is 0 Å². The van der Waals surface area contributed by atoms with E-state index in [1.54, 1.807) is 4.90 Å². The van der Waals surface area contributed by atoms with Gasteiger partial charge in [-0.2, -0.15) is 4.98 Å². The summed E-state index contributed by atoms with van der Waals surface area (Å²) in [5, 5.41) is 13.2. The van der Waals surface area contributed by atoms with Gasteiger partial charge in [0.15, 0.2) is 0 Å². The quantitative estimate of drug-likeness (QED) is 0.717. The Bertz CT molecular complexity index is 1080. The molecule has 5 rings (SSSR count). The lowest BCUT2D eigenvalue weighted by Gasteiger charge is -2.49. The number of fused-ring (bicyclic) bond motifs is 1. The Labute approximate surface area is 181 Å². The van der Waals surface area contributed by atoms with Gasteiger partial charge in [0.05, 0.1) is 45.8 Å². The van der Waals surface area contributed by atoms with Crippen molar-refractivity contribution in [2.45, 2.75) is 41.7 Å². The van der Waals surface area contributed by atoms with Crippen molar-refractivity contribution in [3.05, 3.63) is 41.3 Å². The Morgan fingerprint density at radius 1 is 1.33 bits per heavy atom. The SMILES string of the molecule is [2H]C([2H])([2H])OC1(c2ccc(F)cc2)CN(c2nc3c(c(NC4(CO)CCC4)n2)[S@](=O)CC3)C1.